The van der Waals surface area contributed by atoms with E-state index in [0.29, 0.717) is 31.9 Å². The molecular formula is C16H15FN4O4. The van der Waals surface area contributed by atoms with Crippen LogP contribution in [-0.4, -0.2) is 36.0 Å². The summed E-state index contributed by atoms with van der Waals surface area (Å²) in [6, 6.07) is 10.5. The Bertz CT molecular complexity index is 822. The summed E-state index contributed by atoms with van der Waals surface area (Å²) >= 11 is 0. The van der Waals surface area contributed by atoms with Gasteiger partial charge in [0.15, 0.2) is 0 Å². The molecule has 8 nitrogen and oxygen atoms in total. The number of rotatable bonds is 4. The minimum atomic E-state index is -0.872. The van der Waals surface area contributed by atoms with Crippen LogP contribution in [-0.2, 0) is 0 Å². The van der Waals surface area contributed by atoms with Gasteiger partial charge in [-0.1, -0.05) is 18.2 Å². The van der Waals surface area contributed by atoms with Crippen LogP contribution in [0.2, 0.25) is 0 Å². The number of hydrogen-bond acceptors (Lipinski definition) is 6. The van der Waals surface area contributed by atoms with Gasteiger partial charge >= 0.3 is 5.69 Å². The molecule has 3 rings (SSSR count). The van der Waals surface area contributed by atoms with Gasteiger partial charge in [0.05, 0.1) is 9.85 Å². The van der Waals surface area contributed by atoms with E-state index in [1.807, 2.05) is 4.90 Å². The van der Waals surface area contributed by atoms with Gasteiger partial charge < -0.3 is 9.80 Å². The van der Waals surface area contributed by atoms with Gasteiger partial charge in [-0.25, -0.2) is 0 Å². The molecule has 1 fully saturated rings. The molecule has 0 aliphatic carbocycles. The van der Waals surface area contributed by atoms with Crippen LogP contribution in [0.5, 0.6) is 0 Å². The van der Waals surface area contributed by atoms with E-state index in [4.69, 9.17) is 0 Å². The van der Waals surface area contributed by atoms with E-state index < -0.39 is 21.4 Å². The van der Waals surface area contributed by atoms with Crippen molar-refractivity contribution in [1.82, 2.24) is 0 Å². The first-order valence-corrected chi connectivity index (χ1v) is 7.65. The first kappa shape index (κ1) is 16.6. The lowest BCUT2D eigenvalue weighted by molar-refractivity contribution is -0.386. The molecule has 0 unspecified atom stereocenters. The molecular weight excluding hydrogens is 331 g/mol. The quantitative estimate of drug-likeness (QED) is 0.624. The van der Waals surface area contributed by atoms with E-state index in [0.717, 1.165) is 6.07 Å². The molecule has 25 heavy (non-hydrogen) atoms. The minimum Gasteiger partial charge on any atom is -0.362 e. The van der Waals surface area contributed by atoms with Crippen molar-refractivity contribution in [3.05, 3.63) is 68.5 Å². The fraction of sp³-hybridized carbons (Fsp3) is 0.250. The fourth-order valence-corrected chi connectivity index (χ4v) is 3.01. The maximum atomic E-state index is 13.8. The van der Waals surface area contributed by atoms with E-state index in [9.17, 15) is 24.6 Å². The van der Waals surface area contributed by atoms with Crippen molar-refractivity contribution in [2.24, 2.45) is 0 Å². The Hall–Kier alpha value is -3.23. The van der Waals surface area contributed by atoms with Crippen LogP contribution in [0.1, 0.15) is 0 Å². The van der Waals surface area contributed by atoms with Crippen molar-refractivity contribution in [1.29, 1.82) is 0 Å². The molecule has 130 valence electrons. The second kappa shape index (κ2) is 6.71. The second-order valence-electron chi connectivity index (χ2n) is 5.58. The fourth-order valence-electron chi connectivity index (χ4n) is 3.01. The molecule has 0 saturated carbocycles. The van der Waals surface area contributed by atoms with Gasteiger partial charge in [-0.2, -0.15) is 4.39 Å². The molecule has 0 bridgehead atoms. The first-order chi connectivity index (χ1) is 12.0. The summed E-state index contributed by atoms with van der Waals surface area (Å²) in [6.45, 7) is 1.68. The second-order valence-corrected chi connectivity index (χ2v) is 5.58. The van der Waals surface area contributed by atoms with E-state index in [-0.39, 0.29) is 11.4 Å². The summed E-state index contributed by atoms with van der Waals surface area (Å²) in [4.78, 5) is 24.7. The predicted molar refractivity (Wildman–Crippen MR) is 90.6 cm³/mol. The van der Waals surface area contributed by atoms with Crippen molar-refractivity contribution in [3.8, 4) is 0 Å². The Morgan fingerprint density at radius 3 is 1.96 bits per heavy atom. The average Bonchev–Trinajstić information content (AvgIpc) is 2.61. The van der Waals surface area contributed by atoms with E-state index in [2.05, 4.69) is 0 Å². The molecule has 1 aliphatic heterocycles. The van der Waals surface area contributed by atoms with E-state index in [1.54, 1.807) is 23.1 Å². The van der Waals surface area contributed by atoms with Gasteiger partial charge in [0, 0.05) is 32.2 Å². The van der Waals surface area contributed by atoms with Gasteiger partial charge in [-0.05, 0) is 18.2 Å². The normalized spacial score (nSPS) is 14.4. The van der Waals surface area contributed by atoms with Crippen LogP contribution in [0.4, 0.5) is 27.1 Å². The third-order valence-corrected chi connectivity index (χ3v) is 4.19. The Morgan fingerprint density at radius 1 is 0.800 bits per heavy atom. The van der Waals surface area contributed by atoms with Gasteiger partial charge in [0.2, 0.25) is 5.82 Å². The predicted octanol–water partition coefficient (Wildman–Crippen LogP) is 2.97. The van der Waals surface area contributed by atoms with Crippen LogP contribution < -0.4 is 9.80 Å². The van der Waals surface area contributed by atoms with E-state index in [1.165, 1.54) is 18.2 Å². The van der Waals surface area contributed by atoms with Crippen LogP contribution in [0.3, 0.4) is 0 Å². The molecule has 1 heterocycles. The van der Waals surface area contributed by atoms with Crippen LogP contribution in [0.15, 0.2) is 42.5 Å². The minimum absolute atomic E-state index is 0.0210. The summed E-state index contributed by atoms with van der Waals surface area (Å²) in [7, 11) is 0. The smallest absolute Gasteiger partial charge is 0.327 e. The van der Waals surface area contributed by atoms with Crippen molar-refractivity contribution in [2.75, 3.05) is 36.0 Å². The van der Waals surface area contributed by atoms with Gasteiger partial charge in [0.1, 0.15) is 11.4 Å². The van der Waals surface area contributed by atoms with Gasteiger partial charge in [-0.15, -0.1) is 0 Å². The number of anilines is 2. The largest absolute Gasteiger partial charge is 0.362 e. The monoisotopic (exact) mass is 346 g/mol. The molecule has 1 aliphatic rings. The molecule has 2 aromatic carbocycles. The molecule has 0 radical (unpaired) electrons. The summed E-state index contributed by atoms with van der Waals surface area (Å²) in [5, 5.41) is 22.3. The Morgan fingerprint density at radius 2 is 1.36 bits per heavy atom. The lowest BCUT2D eigenvalue weighted by Gasteiger charge is -2.36. The van der Waals surface area contributed by atoms with Gasteiger partial charge in [0.25, 0.3) is 5.69 Å². The third-order valence-electron chi connectivity index (χ3n) is 4.19. The number of halogens is 1. The standard InChI is InChI=1S/C16H15FN4O4/c17-12-4-3-7-15(16(12)21(24)25)19-10-8-18(9-11-19)13-5-1-2-6-14(13)20(22)23/h1-7H,8-11H2. The van der Waals surface area contributed by atoms with Crippen LogP contribution in [0, 0.1) is 26.0 Å². The molecule has 1 saturated heterocycles. The number of piperazine rings is 1. The number of para-hydroxylation sites is 3. The van der Waals surface area contributed by atoms with Crippen LogP contribution in [0.25, 0.3) is 0 Å². The highest BCUT2D eigenvalue weighted by Crippen LogP contribution is 2.33. The van der Waals surface area contributed by atoms with Crippen molar-refractivity contribution in [2.45, 2.75) is 0 Å². The molecule has 0 amide bonds. The molecule has 0 atom stereocenters. The molecule has 0 N–H and O–H groups in total. The van der Waals surface area contributed by atoms with Crippen molar-refractivity contribution < 1.29 is 14.2 Å². The number of nitro benzene ring substituents is 2. The van der Waals surface area contributed by atoms with Crippen LogP contribution >= 0.6 is 0 Å². The van der Waals surface area contributed by atoms with Gasteiger partial charge in [-0.3, -0.25) is 20.2 Å². The topological polar surface area (TPSA) is 92.8 Å². The van der Waals surface area contributed by atoms with Crippen molar-refractivity contribution >= 4 is 22.7 Å². The summed E-state index contributed by atoms with van der Waals surface area (Å²) in [5.41, 5.74) is 0.224. The SMILES string of the molecule is O=[N+]([O-])c1ccccc1N1CCN(c2cccc(F)c2[N+](=O)[O-])CC1. The Labute approximate surface area is 142 Å². The molecule has 0 aromatic heterocycles. The van der Waals surface area contributed by atoms with E-state index >= 15 is 0 Å². The number of nitrogens with zero attached hydrogens (tertiary/aromatic N) is 4. The zero-order chi connectivity index (χ0) is 18.0. The molecule has 9 heteroatoms. The summed E-state index contributed by atoms with van der Waals surface area (Å²) in [6.07, 6.45) is 0. The highest BCUT2D eigenvalue weighted by Gasteiger charge is 2.28. The maximum absolute atomic E-state index is 13.8. The lowest BCUT2D eigenvalue weighted by atomic mass is 10.2. The highest BCUT2D eigenvalue weighted by molar-refractivity contribution is 5.67. The maximum Gasteiger partial charge on any atom is 0.327 e. The Balaban J connectivity index is 1.81. The highest BCUT2D eigenvalue weighted by atomic mass is 19.1. The lowest BCUT2D eigenvalue weighted by Crippen LogP contribution is -2.46. The number of nitro groups is 2. The zero-order valence-electron chi connectivity index (χ0n) is 13.2. The third kappa shape index (κ3) is 3.21. The van der Waals surface area contributed by atoms with Crippen molar-refractivity contribution in [3.63, 3.8) is 0 Å². The molecule has 0 spiro atoms. The number of benzene rings is 2. The first-order valence-electron chi connectivity index (χ1n) is 7.65. The molecule has 2 aromatic rings. The zero-order valence-corrected chi connectivity index (χ0v) is 13.2. The Kier molecular flexibility index (Phi) is 4.46. The summed E-state index contributed by atoms with van der Waals surface area (Å²) in [5.74, 6) is -0.872. The summed E-state index contributed by atoms with van der Waals surface area (Å²) < 4.78 is 13.8. The average molecular weight is 346 g/mol. The number of hydrogen-bond donors (Lipinski definition) is 0.